The zero-order valence-corrected chi connectivity index (χ0v) is 9.92. The van der Waals surface area contributed by atoms with Gasteiger partial charge in [-0.1, -0.05) is 0 Å². The van der Waals surface area contributed by atoms with Gasteiger partial charge < -0.3 is 0 Å². The van der Waals surface area contributed by atoms with Crippen LogP contribution in [0.3, 0.4) is 0 Å². The van der Waals surface area contributed by atoms with Gasteiger partial charge in [0.25, 0.3) is 5.92 Å². The molecule has 1 rings (SSSR count). The minimum absolute atomic E-state index is 0.204. The van der Waals surface area contributed by atoms with Crippen molar-refractivity contribution in [2.45, 2.75) is 17.9 Å². The third kappa shape index (κ3) is 2.94. The Kier molecular flexibility index (Phi) is 3.77. The van der Waals surface area contributed by atoms with Crippen LogP contribution in [0, 0.1) is 5.41 Å². The molecule has 15 heavy (non-hydrogen) atoms. The lowest BCUT2D eigenvalue weighted by molar-refractivity contribution is 0.100. The maximum Gasteiger partial charge on any atom is 0.286 e. The topological polar surface area (TPSA) is 36.7 Å². The molecule has 0 amide bonds. The van der Waals surface area contributed by atoms with Gasteiger partial charge in [0, 0.05) is 23.2 Å². The van der Waals surface area contributed by atoms with Crippen LogP contribution in [0.4, 0.5) is 12.7 Å². The van der Waals surface area contributed by atoms with E-state index < -0.39 is 11.6 Å². The van der Waals surface area contributed by atoms with Gasteiger partial charge in [-0.3, -0.25) is 5.41 Å². The lowest BCUT2D eigenvalue weighted by atomic mass is 10.1. The predicted octanol–water partition coefficient (Wildman–Crippen LogP) is 3.84. The molecule has 0 radical (unpaired) electrons. The van der Waals surface area contributed by atoms with E-state index in [4.69, 9.17) is 5.41 Å². The van der Waals surface area contributed by atoms with Crippen LogP contribution in [-0.2, 0) is 0 Å². The summed E-state index contributed by atoms with van der Waals surface area (Å²) < 4.78 is 38.5. The Bertz CT molecular complexity index is 392. The molecule has 2 nitrogen and oxygen atoms in total. The molecule has 0 fully saturated rings. The van der Waals surface area contributed by atoms with Crippen LogP contribution in [0.2, 0.25) is 0 Å². The lowest BCUT2D eigenvalue weighted by Crippen LogP contribution is -2.25. The number of rotatable bonds is 3. The van der Waals surface area contributed by atoms with E-state index in [2.05, 4.69) is 20.9 Å². The number of nitrogens with one attached hydrogen (secondary N) is 1. The molecule has 0 spiro atoms. The second kappa shape index (κ2) is 4.52. The maximum absolute atomic E-state index is 12.9. The van der Waals surface area contributed by atoms with Gasteiger partial charge in [-0.25, -0.2) is 4.98 Å². The summed E-state index contributed by atoms with van der Waals surface area (Å²) in [6.45, 7) is 0.586. The summed E-state index contributed by atoms with van der Waals surface area (Å²) in [6, 6.07) is 1.24. The average Bonchev–Trinajstić information content (AvgIpc) is 2.15. The molecule has 1 aromatic rings. The van der Waals surface area contributed by atoms with Crippen molar-refractivity contribution in [1.29, 1.82) is 5.41 Å². The summed E-state index contributed by atoms with van der Waals surface area (Å²) in [4.78, 5) is 3.60. The first kappa shape index (κ1) is 12.5. The third-order valence-electron chi connectivity index (χ3n) is 1.60. The smallest absolute Gasteiger partial charge is 0.286 e. The fourth-order valence-electron chi connectivity index (χ4n) is 0.904. The largest absolute Gasteiger partial charge is 0.298 e. The summed E-state index contributed by atoms with van der Waals surface area (Å²) in [5.41, 5.74) is -1.15. The molecule has 0 saturated heterocycles. The summed E-state index contributed by atoms with van der Waals surface area (Å²) in [6.07, 6.45) is 1.28. The Morgan fingerprint density at radius 1 is 1.60 bits per heavy atom. The molecule has 0 aromatic carbocycles. The summed E-state index contributed by atoms with van der Waals surface area (Å²) in [5, 5.41) is 7.00. The van der Waals surface area contributed by atoms with Crippen LogP contribution in [0.25, 0.3) is 0 Å². The van der Waals surface area contributed by atoms with Crippen LogP contribution in [0.15, 0.2) is 21.8 Å². The Labute approximate surface area is 97.2 Å². The molecule has 0 unspecified atom stereocenters. The van der Waals surface area contributed by atoms with E-state index in [0.29, 0.717) is 11.4 Å². The molecule has 0 aliphatic carbocycles. The Morgan fingerprint density at radius 2 is 2.20 bits per heavy atom. The molecule has 7 heteroatoms. The first-order valence-corrected chi connectivity index (χ1v) is 5.28. The normalized spacial score (nSPS) is 11.5. The molecule has 1 heterocycles. The van der Waals surface area contributed by atoms with Crippen LogP contribution in [0.1, 0.15) is 12.5 Å². The highest BCUT2D eigenvalue weighted by Gasteiger charge is 2.31. The molecule has 0 aliphatic rings. The standard InChI is InChI=1S/C8H6BrF3N2S/c1-8(10,11)6(13)5-2-4(9)3-14-7(5)15-12/h2-3,13H,1H3. The first-order valence-electron chi connectivity index (χ1n) is 3.77. The average molecular weight is 299 g/mol. The summed E-state index contributed by atoms with van der Waals surface area (Å²) >= 11 is 2.77. The quantitative estimate of drug-likeness (QED) is 0.861. The predicted molar refractivity (Wildman–Crippen MR) is 56.4 cm³/mol. The molecule has 0 saturated carbocycles. The van der Waals surface area contributed by atoms with E-state index >= 15 is 0 Å². The van der Waals surface area contributed by atoms with Gasteiger partial charge >= 0.3 is 0 Å². The number of hydrogen-bond acceptors (Lipinski definition) is 3. The van der Waals surface area contributed by atoms with Crippen molar-refractivity contribution in [2.75, 3.05) is 0 Å². The number of aromatic nitrogens is 1. The van der Waals surface area contributed by atoms with Crippen molar-refractivity contribution < 1.29 is 12.7 Å². The highest BCUT2D eigenvalue weighted by Crippen LogP contribution is 2.28. The van der Waals surface area contributed by atoms with Crippen LogP contribution < -0.4 is 0 Å². The van der Waals surface area contributed by atoms with Crippen LogP contribution >= 0.6 is 28.1 Å². The fraction of sp³-hybridized carbons (Fsp3) is 0.250. The van der Waals surface area contributed by atoms with Gasteiger partial charge in [-0.05, 0) is 22.0 Å². The van der Waals surface area contributed by atoms with Gasteiger partial charge in [0.1, 0.15) is 22.9 Å². The van der Waals surface area contributed by atoms with Gasteiger partial charge in [0.2, 0.25) is 0 Å². The number of nitrogens with zero attached hydrogens (tertiary/aromatic N) is 1. The van der Waals surface area contributed by atoms with Crippen molar-refractivity contribution in [1.82, 2.24) is 4.98 Å². The van der Waals surface area contributed by atoms with Crippen LogP contribution in [-0.4, -0.2) is 16.6 Å². The maximum atomic E-state index is 12.9. The zero-order valence-electron chi connectivity index (χ0n) is 7.52. The highest BCUT2D eigenvalue weighted by molar-refractivity contribution is 9.10. The second-order valence-electron chi connectivity index (χ2n) is 2.85. The van der Waals surface area contributed by atoms with Gasteiger partial charge in [-0.2, -0.15) is 12.7 Å². The molecular formula is C8H6BrF3N2S. The molecule has 0 aliphatic heterocycles. The molecule has 1 aromatic heterocycles. The van der Waals surface area contributed by atoms with Crippen molar-refractivity contribution in [3.63, 3.8) is 0 Å². The molecule has 1 N–H and O–H groups in total. The molecule has 82 valence electrons. The summed E-state index contributed by atoms with van der Waals surface area (Å²) in [5.74, 6) is -3.31. The van der Waals surface area contributed by atoms with Crippen LogP contribution in [0.5, 0.6) is 0 Å². The van der Waals surface area contributed by atoms with Crippen molar-refractivity contribution in [2.24, 2.45) is 0 Å². The summed E-state index contributed by atoms with van der Waals surface area (Å²) in [7, 11) is 0. The molecule has 0 bridgehead atoms. The minimum atomic E-state index is -3.31. The van der Waals surface area contributed by atoms with Crippen molar-refractivity contribution in [3.8, 4) is 0 Å². The van der Waals surface area contributed by atoms with E-state index in [0.717, 1.165) is 0 Å². The minimum Gasteiger partial charge on any atom is -0.298 e. The van der Waals surface area contributed by atoms with E-state index in [-0.39, 0.29) is 22.7 Å². The number of halogens is 4. The third-order valence-corrected chi connectivity index (χ3v) is 2.50. The number of alkyl halides is 2. The Hall–Kier alpha value is -0.560. The SMILES string of the molecule is CC(F)(F)C(=N)c1cc(Br)cnc1SF. The zero-order chi connectivity index (χ0) is 11.6. The number of pyridine rings is 1. The Balaban J connectivity index is 3.23. The second-order valence-corrected chi connectivity index (χ2v) is 4.30. The van der Waals surface area contributed by atoms with E-state index in [1.165, 1.54) is 12.3 Å². The van der Waals surface area contributed by atoms with E-state index in [1.807, 2.05) is 0 Å². The molecule has 0 atom stereocenters. The van der Waals surface area contributed by atoms with Gasteiger partial charge in [0.15, 0.2) is 0 Å². The van der Waals surface area contributed by atoms with E-state index in [1.54, 1.807) is 0 Å². The van der Waals surface area contributed by atoms with Gasteiger partial charge in [0.05, 0.1) is 0 Å². The van der Waals surface area contributed by atoms with Gasteiger partial charge in [-0.15, -0.1) is 0 Å². The fourth-order valence-corrected chi connectivity index (χ4v) is 1.57. The molecular weight excluding hydrogens is 293 g/mol. The highest BCUT2D eigenvalue weighted by atomic mass is 79.9. The van der Waals surface area contributed by atoms with Crippen molar-refractivity contribution in [3.05, 3.63) is 22.3 Å². The lowest BCUT2D eigenvalue weighted by Gasteiger charge is -2.13. The van der Waals surface area contributed by atoms with E-state index in [9.17, 15) is 12.7 Å². The monoisotopic (exact) mass is 298 g/mol. The first-order chi connectivity index (χ1) is 6.86. The number of hydrogen-bond donors (Lipinski definition) is 1. The van der Waals surface area contributed by atoms with Crippen molar-refractivity contribution >= 4 is 33.8 Å². The Morgan fingerprint density at radius 3 is 2.67 bits per heavy atom.